The maximum absolute atomic E-state index is 3.43. The third-order valence-electron chi connectivity index (χ3n) is 3.71. The fraction of sp³-hybridized carbons (Fsp3) is 0.600. The average Bonchev–Trinajstić information content (AvgIpc) is 2.53. The van der Waals surface area contributed by atoms with E-state index < -0.39 is 0 Å². The molecule has 1 aliphatic carbocycles. The number of nitrogens with one attached hydrogen (secondary N) is 1. The van der Waals surface area contributed by atoms with Crippen molar-refractivity contribution in [3.63, 3.8) is 0 Å². The Balaban J connectivity index is 2.89. The Bertz CT molecular complexity index is 314. The van der Waals surface area contributed by atoms with Crippen molar-refractivity contribution in [2.24, 2.45) is 5.92 Å². The average molecular weight is 219 g/mol. The van der Waals surface area contributed by atoms with Crippen molar-refractivity contribution >= 4 is 0 Å². The summed E-state index contributed by atoms with van der Waals surface area (Å²) in [5.41, 5.74) is 2.96. The Morgan fingerprint density at radius 3 is 2.50 bits per heavy atom. The van der Waals surface area contributed by atoms with Crippen LogP contribution in [-0.2, 0) is 0 Å². The Morgan fingerprint density at radius 1 is 1.31 bits per heavy atom. The van der Waals surface area contributed by atoms with Crippen LogP contribution in [-0.4, -0.2) is 12.6 Å². The fourth-order valence-corrected chi connectivity index (χ4v) is 2.01. The fourth-order valence-electron chi connectivity index (χ4n) is 2.01. The quantitative estimate of drug-likeness (QED) is 0.757. The van der Waals surface area contributed by atoms with Gasteiger partial charge in [-0.15, -0.1) is 0 Å². The van der Waals surface area contributed by atoms with Crippen molar-refractivity contribution in [1.29, 1.82) is 0 Å². The third-order valence-corrected chi connectivity index (χ3v) is 3.71. The van der Waals surface area contributed by atoms with Crippen LogP contribution in [0, 0.1) is 5.92 Å². The molecule has 0 aromatic rings. The summed E-state index contributed by atoms with van der Waals surface area (Å²) < 4.78 is 0. The normalized spacial score (nSPS) is 20.1. The molecule has 0 saturated heterocycles. The predicted octanol–water partition coefficient (Wildman–Crippen LogP) is 3.84. The summed E-state index contributed by atoms with van der Waals surface area (Å²) in [4.78, 5) is 0. The van der Waals surface area contributed by atoms with E-state index in [0.717, 1.165) is 12.8 Å². The van der Waals surface area contributed by atoms with Gasteiger partial charge in [-0.3, -0.25) is 0 Å². The summed E-state index contributed by atoms with van der Waals surface area (Å²) >= 11 is 0. The molecule has 1 rings (SSSR count). The lowest BCUT2D eigenvalue weighted by atomic mass is 9.88. The number of rotatable bonds is 4. The SMILES string of the molecule is CC[C@@](C)(NC)C1=CCC=C(C(C)C)C=C1. The number of likely N-dealkylation sites (N-methyl/N-ethyl adjacent to an activating group) is 1. The highest BCUT2D eigenvalue weighted by Gasteiger charge is 2.23. The summed E-state index contributed by atoms with van der Waals surface area (Å²) in [5, 5.41) is 3.43. The molecule has 0 saturated carbocycles. The molecule has 0 heterocycles. The van der Waals surface area contributed by atoms with Gasteiger partial charge in [0.2, 0.25) is 0 Å². The van der Waals surface area contributed by atoms with Crippen LogP contribution >= 0.6 is 0 Å². The summed E-state index contributed by atoms with van der Waals surface area (Å²) in [7, 11) is 2.04. The van der Waals surface area contributed by atoms with Crippen molar-refractivity contribution < 1.29 is 0 Å². The van der Waals surface area contributed by atoms with Gasteiger partial charge in [-0.1, -0.05) is 45.1 Å². The van der Waals surface area contributed by atoms with Gasteiger partial charge in [0, 0.05) is 5.54 Å². The Labute approximate surface area is 100 Å². The van der Waals surface area contributed by atoms with Crippen LogP contribution in [0.25, 0.3) is 0 Å². The lowest BCUT2D eigenvalue weighted by molar-refractivity contribution is 0.444. The molecule has 0 amide bonds. The van der Waals surface area contributed by atoms with Crippen LogP contribution in [0.3, 0.4) is 0 Å². The zero-order chi connectivity index (χ0) is 12.2. The summed E-state index contributed by atoms with van der Waals surface area (Å²) in [6, 6.07) is 0. The minimum absolute atomic E-state index is 0.108. The molecule has 0 fully saturated rings. The minimum Gasteiger partial charge on any atom is -0.311 e. The Morgan fingerprint density at radius 2 is 2.00 bits per heavy atom. The smallest absolute Gasteiger partial charge is 0.0397 e. The van der Waals surface area contributed by atoms with Gasteiger partial charge in [-0.2, -0.15) is 0 Å². The van der Waals surface area contributed by atoms with Crippen molar-refractivity contribution in [3.8, 4) is 0 Å². The highest BCUT2D eigenvalue weighted by molar-refractivity contribution is 5.38. The Kier molecular flexibility index (Phi) is 4.55. The van der Waals surface area contributed by atoms with Crippen molar-refractivity contribution in [2.45, 2.75) is 46.1 Å². The molecular weight excluding hydrogens is 194 g/mol. The van der Waals surface area contributed by atoms with Crippen LogP contribution in [0.2, 0.25) is 0 Å². The van der Waals surface area contributed by atoms with Gasteiger partial charge >= 0.3 is 0 Å². The van der Waals surface area contributed by atoms with Crippen LogP contribution in [0.4, 0.5) is 0 Å². The van der Waals surface area contributed by atoms with E-state index in [2.05, 4.69) is 57.3 Å². The maximum Gasteiger partial charge on any atom is 0.0397 e. The van der Waals surface area contributed by atoms with Crippen LogP contribution in [0.5, 0.6) is 0 Å². The van der Waals surface area contributed by atoms with Crippen molar-refractivity contribution in [3.05, 3.63) is 35.5 Å². The number of hydrogen-bond acceptors (Lipinski definition) is 1. The van der Waals surface area contributed by atoms with E-state index in [9.17, 15) is 0 Å². The Hall–Kier alpha value is -0.820. The molecule has 0 spiro atoms. The number of allylic oxidation sites excluding steroid dienone is 4. The van der Waals surface area contributed by atoms with Crippen molar-refractivity contribution in [1.82, 2.24) is 5.32 Å². The number of hydrogen-bond donors (Lipinski definition) is 1. The molecule has 1 nitrogen and oxygen atoms in total. The minimum atomic E-state index is 0.108. The summed E-state index contributed by atoms with van der Waals surface area (Å²) in [5.74, 6) is 0.617. The molecule has 0 aromatic carbocycles. The maximum atomic E-state index is 3.43. The van der Waals surface area contributed by atoms with Crippen molar-refractivity contribution in [2.75, 3.05) is 7.05 Å². The third kappa shape index (κ3) is 2.85. The predicted molar refractivity (Wildman–Crippen MR) is 72.5 cm³/mol. The molecular formula is C15H25N. The van der Waals surface area contributed by atoms with Gasteiger partial charge in [0.15, 0.2) is 0 Å². The second kappa shape index (κ2) is 5.49. The van der Waals surface area contributed by atoms with E-state index in [1.165, 1.54) is 11.1 Å². The van der Waals surface area contributed by atoms with Gasteiger partial charge in [-0.25, -0.2) is 0 Å². The highest BCUT2D eigenvalue weighted by atomic mass is 14.9. The van der Waals surface area contributed by atoms with Crippen LogP contribution < -0.4 is 5.32 Å². The van der Waals surface area contributed by atoms with E-state index in [1.54, 1.807) is 0 Å². The van der Waals surface area contributed by atoms with Gasteiger partial charge < -0.3 is 5.32 Å². The van der Waals surface area contributed by atoms with Crippen LogP contribution in [0.1, 0.15) is 40.5 Å². The molecule has 0 unspecified atom stereocenters. The standard InChI is InChI=1S/C15H25N/c1-6-15(4,16-5)14-9-7-8-13(10-11-14)12(2)3/h8-12,16H,6-7H2,1-5H3/t15-/m1/s1. The van der Waals surface area contributed by atoms with E-state index >= 15 is 0 Å². The largest absolute Gasteiger partial charge is 0.311 e. The molecule has 90 valence electrons. The first-order valence-electron chi connectivity index (χ1n) is 6.31. The molecule has 0 aromatic heterocycles. The molecule has 1 aliphatic rings. The summed E-state index contributed by atoms with van der Waals surface area (Å²) in [6.07, 6.45) is 11.4. The highest BCUT2D eigenvalue weighted by Crippen LogP contribution is 2.26. The van der Waals surface area contributed by atoms with E-state index in [0.29, 0.717) is 5.92 Å². The zero-order valence-corrected chi connectivity index (χ0v) is 11.3. The molecule has 1 N–H and O–H groups in total. The first-order chi connectivity index (χ1) is 7.53. The molecule has 1 heteroatoms. The van der Waals surface area contributed by atoms with E-state index in [-0.39, 0.29) is 5.54 Å². The zero-order valence-electron chi connectivity index (χ0n) is 11.3. The second-order valence-electron chi connectivity index (χ2n) is 5.02. The topological polar surface area (TPSA) is 12.0 Å². The van der Waals surface area contributed by atoms with E-state index in [4.69, 9.17) is 0 Å². The van der Waals surface area contributed by atoms with Gasteiger partial charge in [0.1, 0.15) is 0 Å². The molecule has 0 bridgehead atoms. The lowest BCUT2D eigenvalue weighted by Crippen LogP contribution is -2.40. The van der Waals surface area contributed by atoms with Gasteiger partial charge in [-0.05, 0) is 43.9 Å². The molecule has 0 aliphatic heterocycles. The van der Waals surface area contributed by atoms with Crippen LogP contribution in [0.15, 0.2) is 35.5 Å². The molecule has 1 atom stereocenters. The van der Waals surface area contributed by atoms with Gasteiger partial charge in [0.25, 0.3) is 0 Å². The van der Waals surface area contributed by atoms with Gasteiger partial charge in [0.05, 0.1) is 0 Å². The molecule has 0 radical (unpaired) electrons. The first kappa shape index (κ1) is 13.2. The summed E-state index contributed by atoms with van der Waals surface area (Å²) in [6.45, 7) is 8.99. The first-order valence-corrected chi connectivity index (χ1v) is 6.31. The monoisotopic (exact) mass is 219 g/mol. The molecule has 16 heavy (non-hydrogen) atoms. The lowest BCUT2D eigenvalue weighted by Gasteiger charge is -2.29. The van der Waals surface area contributed by atoms with E-state index in [1.807, 2.05) is 7.05 Å². The second-order valence-corrected chi connectivity index (χ2v) is 5.02.